The van der Waals surface area contributed by atoms with E-state index in [2.05, 4.69) is 11.0 Å². The second-order valence-electron chi connectivity index (χ2n) is 6.33. The third kappa shape index (κ3) is 4.26. The smallest absolute Gasteiger partial charge is 0.234 e. The molecule has 0 aromatic heterocycles. The fourth-order valence-electron chi connectivity index (χ4n) is 3.35. The average Bonchev–Trinajstić information content (AvgIpc) is 2.68. The van der Waals surface area contributed by atoms with Crippen LogP contribution in [0.4, 0.5) is 0 Å². The molecule has 0 unspecified atom stereocenters. The number of amides is 1. The molecule has 0 N–H and O–H groups in total. The summed E-state index contributed by atoms with van der Waals surface area (Å²) in [6.45, 7) is 3.91. The van der Waals surface area contributed by atoms with E-state index in [0.29, 0.717) is 6.42 Å². The second kappa shape index (κ2) is 8.46. The van der Waals surface area contributed by atoms with Gasteiger partial charge in [0.05, 0.1) is 12.0 Å². The van der Waals surface area contributed by atoms with Gasteiger partial charge in [-0.05, 0) is 11.1 Å². The lowest BCUT2D eigenvalue weighted by Gasteiger charge is -2.36. The van der Waals surface area contributed by atoms with Crippen molar-refractivity contribution in [2.45, 2.75) is 12.3 Å². The van der Waals surface area contributed by atoms with E-state index in [0.717, 1.165) is 43.9 Å². The molecule has 1 aliphatic rings. The minimum atomic E-state index is -0.256. The van der Waals surface area contributed by atoms with E-state index in [9.17, 15) is 4.79 Å². The highest BCUT2D eigenvalue weighted by Gasteiger charge is 2.29. The molecule has 0 radical (unpaired) electrons. The third-order valence-corrected chi connectivity index (χ3v) is 4.74. The maximum absolute atomic E-state index is 13.3. The number of hydrogen-bond donors (Lipinski definition) is 0. The quantitative estimate of drug-likeness (QED) is 0.845. The van der Waals surface area contributed by atoms with Crippen molar-refractivity contribution >= 4 is 5.91 Å². The summed E-state index contributed by atoms with van der Waals surface area (Å²) in [6, 6.07) is 22.2. The number of nitriles is 1. The molecular formula is C21H23N3O. The van der Waals surface area contributed by atoms with Gasteiger partial charge in [-0.25, -0.2) is 0 Å². The van der Waals surface area contributed by atoms with Crippen molar-refractivity contribution in [1.82, 2.24) is 9.80 Å². The van der Waals surface area contributed by atoms with Crippen LogP contribution in [0.15, 0.2) is 60.7 Å². The third-order valence-electron chi connectivity index (χ3n) is 4.74. The summed E-state index contributed by atoms with van der Waals surface area (Å²) < 4.78 is 0. The molecule has 3 rings (SSSR count). The number of benzene rings is 2. The minimum Gasteiger partial charge on any atom is -0.339 e. The van der Waals surface area contributed by atoms with Crippen LogP contribution < -0.4 is 0 Å². The summed E-state index contributed by atoms with van der Waals surface area (Å²) in [4.78, 5) is 17.5. The molecule has 128 valence electrons. The van der Waals surface area contributed by atoms with Crippen LogP contribution in [0.2, 0.25) is 0 Å². The number of piperazine rings is 1. The normalized spacial score (nSPS) is 15.1. The minimum absolute atomic E-state index is 0.164. The lowest BCUT2D eigenvalue weighted by Crippen LogP contribution is -2.50. The Morgan fingerprint density at radius 2 is 1.44 bits per heavy atom. The molecule has 0 bridgehead atoms. The van der Waals surface area contributed by atoms with Gasteiger partial charge < -0.3 is 4.90 Å². The van der Waals surface area contributed by atoms with Crippen molar-refractivity contribution in [1.29, 1.82) is 5.26 Å². The van der Waals surface area contributed by atoms with E-state index in [1.807, 2.05) is 65.6 Å². The first-order valence-corrected chi connectivity index (χ1v) is 8.77. The largest absolute Gasteiger partial charge is 0.339 e. The zero-order valence-electron chi connectivity index (χ0n) is 14.3. The van der Waals surface area contributed by atoms with Crippen LogP contribution in [0, 0.1) is 11.3 Å². The fraction of sp³-hybridized carbons (Fsp3) is 0.333. The second-order valence-corrected chi connectivity index (χ2v) is 6.33. The van der Waals surface area contributed by atoms with Crippen LogP contribution in [-0.4, -0.2) is 48.4 Å². The molecule has 2 aromatic carbocycles. The number of rotatable bonds is 5. The highest BCUT2D eigenvalue weighted by molar-refractivity contribution is 5.87. The van der Waals surface area contributed by atoms with Gasteiger partial charge in [0, 0.05) is 39.1 Å². The Morgan fingerprint density at radius 1 is 0.920 bits per heavy atom. The molecule has 25 heavy (non-hydrogen) atoms. The molecule has 2 aromatic rings. The lowest BCUT2D eigenvalue weighted by molar-refractivity contribution is -0.133. The summed E-state index contributed by atoms with van der Waals surface area (Å²) >= 11 is 0. The molecule has 1 aliphatic heterocycles. The van der Waals surface area contributed by atoms with Crippen molar-refractivity contribution in [3.8, 4) is 6.07 Å². The van der Waals surface area contributed by atoms with Gasteiger partial charge in [0.15, 0.2) is 0 Å². The van der Waals surface area contributed by atoms with Crippen molar-refractivity contribution in [2.75, 3.05) is 32.7 Å². The molecule has 1 amide bonds. The monoisotopic (exact) mass is 333 g/mol. The number of carbonyl (C=O) groups is 1. The maximum Gasteiger partial charge on any atom is 0.234 e. The molecule has 1 fully saturated rings. The maximum atomic E-state index is 13.3. The van der Waals surface area contributed by atoms with Gasteiger partial charge in [-0.1, -0.05) is 60.7 Å². The van der Waals surface area contributed by atoms with Crippen LogP contribution in [0.1, 0.15) is 23.5 Å². The predicted octanol–water partition coefficient (Wildman–Crippen LogP) is 2.88. The van der Waals surface area contributed by atoms with Gasteiger partial charge in [0.25, 0.3) is 0 Å². The van der Waals surface area contributed by atoms with E-state index < -0.39 is 0 Å². The molecule has 0 saturated carbocycles. The van der Waals surface area contributed by atoms with Gasteiger partial charge in [-0.3, -0.25) is 9.69 Å². The molecule has 0 spiro atoms. The van der Waals surface area contributed by atoms with E-state index in [4.69, 9.17) is 5.26 Å². The van der Waals surface area contributed by atoms with Crippen LogP contribution in [0.3, 0.4) is 0 Å². The van der Waals surface area contributed by atoms with Crippen LogP contribution in [0.25, 0.3) is 0 Å². The van der Waals surface area contributed by atoms with Crippen LogP contribution in [0.5, 0.6) is 0 Å². The SMILES string of the molecule is N#CCCN1CCN(C(=O)C(c2ccccc2)c2ccccc2)CC1. The molecular weight excluding hydrogens is 310 g/mol. The molecule has 0 atom stereocenters. The Kier molecular flexibility index (Phi) is 5.81. The van der Waals surface area contributed by atoms with E-state index in [-0.39, 0.29) is 11.8 Å². The zero-order valence-corrected chi connectivity index (χ0v) is 14.3. The van der Waals surface area contributed by atoms with Gasteiger partial charge >= 0.3 is 0 Å². The topological polar surface area (TPSA) is 47.3 Å². The van der Waals surface area contributed by atoms with E-state index >= 15 is 0 Å². The predicted molar refractivity (Wildman–Crippen MR) is 98.0 cm³/mol. The molecule has 4 nitrogen and oxygen atoms in total. The highest BCUT2D eigenvalue weighted by atomic mass is 16.2. The zero-order chi connectivity index (χ0) is 17.5. The Labute approximate surface area is 149 Å². The lowest BCUT2D eigenvalue weighted by atomic mass is 9.90. The van der Waals surface area contributed by atoms with Crippen molar-refractivity contribution < 1.29 is 4.79 Å². The van der Waals surface area contributed by atoms with Gasteiger partial charge in [-0.15, -0.1) is 0 Å². The van der Waals surface area contributed by atoms with Crippen molar-refractivity contribution in [3.63, 3.8) is 0 Å². The Hall–Kier alpha value is -2.64. The van der Waals surface area contributed by atoms with Gasteiger partial charge in [0.1, 0.15) is 0 Å². The van der Waals surface area contributed by atoms with Crippen molar-refractivity contribution in [2.24, 2.45) is 0 Å². The fourth-order valence-corrected chi connectivity index (χ4v) is 3.35. The summed E-state index contributed by atoms with van der Waals surface area (Å²) in [6.07, 6.45) is 0.546. The first-order chi connectivity index (χ1) is 12.3. The number of hydrogen-bond acceptors (Lipinski definition) is 3. The summed E-state index contributed by atoms with van der Waals surface area (Å²) in [5.41, 5.74) is 2.07. The molecule has 4 heteroatoms. The van der Waals surface area contributed by atoms with E-state index in [1.54, 1.807) is 0 Å². The molecule has 1 heterocycles. The summed E-state index contributed by atoms with van der Waals surface area (Å²) in [5, 5.41) is 8.72. The Bertz CT molecular complexity index is 676. The van der Waals surface area contributed by atoms with Gasteiger partial charge in [0.2, 0.25) is 5.91 Å². The first kappa shape index (κ1) is 17.2. The Morgan fingerprint density at radius 3 is 1.92 bits per heavy atom. The first-order valence-electron chi connectivity index (χ1n) is 8.77. The number of nitrogens with zero attached hydrogens (tertiary/aromatic N) is 3. The summed E-state index contributed by atoms with van der Waals surface area (Å²) in [5.74, 6) is -0.0922. The van der Waals surface area contributed by atoms with Crippen LogP contribution >= 0.6 is 0 Å². The number of carbonyl (C=O) groups excluding carboxylic acids is 1. The molecule has 1 saturated heterocycles. The highest BCUT2D eigenvalue weighted by Crippen LogP contribution is 2.27. The Balaban J connectivity index is 1.76. The standard InChI is InChI=1S/C21H23N3O/c22-12-7-13-23-14-16-24(17-15-23)21(25)20(18-8-3-1-4-9-18)19-10-5-2-6-11-19/h1-6,8-11,20H,7,13-17H2. The molecule has 0 aliphatic carbocycles. The summed E-state index contributed by atoms with van der Waals surface area (Å²) in [7, 11) is 0. The average molecular weight is 333 g/mol. The van der Waals surface area contributed by atoms with Crippen LogP contribution in [-0.2, 0) is 4.79 Å². The van der Waals surface area contributed by atoms with Gasteiger partial charge in [-0.2, -0.15) is 5.26 Å². The van der Waals surface area contributed by atoms with Crippen molar-refractivity contribution in [3.05, 3.63) is 71.8 Å². The van der Waals surface area contributed by atoms with E-state index in [1.165, 1.54) is 0 Å².